The molecule has 18 heteroatoms. The van der Waals surface area contributed by atoms with E-state index >= 15 is 0 Å². The lowest BCUT2D eigenvalue weighted by molar-refractivity contribution is -0.302. The van der Waals surface area contributed by atoms with Gasteiger partial charge in [-0.2, -0.15) is 62.7 Å². The average molecular weight is 546 g/mol. The van der Waals surface area contributed by atoms with Crippen molar-refractivity contribution in [1.29, 1.82) is 0 Å². The van der Waals surface area contributed by atoms with Gasteiger partial charge in [0.1, 0.15) is 0 Å². The Bertz CT molecular complexity index is 976. The lowest BCUT2D eigenvalue weighted by atomic mass is 10.1. The Labute approximate surface area is 193 Å². The molecule has 0 radical (unpaired) electrons. The predicted octanol–water partition coefficient (Wildman–Crippen LogP) is 6.28. The molecule has 0 atom stereocenters. The van der Waals surface area contributed by atoms with Crippen LogP contribution in [0, 0.1) is 20.8 Å². The number of aromatic nitrogens is 3. The van der Waals surface area contributed by atoms with Gasteiger partial charge in [-0.1, -0.05) is 17.7 Å². The zero-order valence-corrected chi connectivity index (χ0v) is 18.0. The molecule has 0 amide bonds. The van der Waals surface area contributed by atoms with Gasteiger partial charge in [0.15, 0.2) is 0 Å². The van der Waals surface area contributed by atoms with Crippen molar-refractivity contribution in [3.8, 4) is 12.0 Å². The number of anilines is 2. The van der Waals surface area contributed by atoms with E-state index in [1.165, 1.54) is 13.8 Å². The first kappa shape index (κ1) is 29.0. The minimum Gasteiger partial charge on any atom is -0.440 e. The van der Waals surface area contributed by atoms with Gasteiger partial charge in [-0.15, -0.1) is 4.98 Å². The second-order valence-electron chi connectivity index (χ2n) is 7.29. The lowest BCUT2D eigenvalue weighted by Gasteiger charge is -2.24. The van der Waals surface area contributed by atoms with Gasteiger partial charge >= 0.3 is 36.7 Å². The van der Waals surface area contributed by atoms with E-state index in [1.54, 1.807) is 19.1 Å². The van der Waals surface area contributed by atoms with Crippen LogP contribution in [0.3, 0.4) is 0 Å². The summed E-state index contributed by atoms with van der Waals surface area (Å²) in [5, 5.41) is 2.30. The molecule has 0 saturated carbocycles. The molecular formula is C18H14F12N4O2. The van der Waals surface area contributed by atoms with Crippen LogP contribution in [0.2, 0.25) is 0 Å². The molecule has 1 aromatic carbocycles. The third-order valence-electron chi connectivity index (χ3n) is 4.14. The van der Waals surface area contributed by atoms with E-state index in [4.69, 9.17) is 0 Å². The van der Waals surface area contributed by atoms with E-state index in [1.807, 2.05) is 0 Å². The minimum absolute atomic E-state index is 0.0927. The zero-order valence-electron chi connectivity index (χ0n) is 18.0. The molecule has 0 aliphatic rings. The fraction of sp³-hybridized carbons (Fsp3) is 0.500. The summed E-state index contributed by atoms with van der Waals surface area (Å²) in [6.07, 6.45) is -33.6. The topological polar surface area (TPSA) is 69.2 Å². The molecule has 1 N–H and O–H groups in total. The molecule has 1 aromatic heterocycles. The molecule has 0 fully saturated rings. The fourth-order valence-corrected chi connectivity index (χ4v) is 2.84. The summed E-state index contributed by atoms with van der Waals surface area (Å²) in [5.74, 6) is -1.06. The number of benzene rings is 1. The molecule has 0 spiro atoms. The number of hydrogen-bond donors (Lipinski definition) is 1. The van der Waals surface area contributed by atoms with Crippen LogP contribution >= 0.6 is 0 Å². The molecule has 0 saturated heterocycles. The van der Waals surface area contributed by atoms with Gasteiger partial charge in [0.25, 0.3) is 12.2 Å². The molecule has 2 rings (SSSR count). The van der Waals surface area contributed by atoms with Crippen LogP contribution < -0.4 is 14.8 Å². The second kappa shape index (κ2) is 9.68. The van der Waals surface area contributed by atoms with E-state index in [0.29, 0.717) is 11.1 Å². The summed E-state index contributed by atoms with van der Waals surface area (Å²) in [6, 6.07) is -0.712. The number of rotatable bonds is 6. The summed E-state index contributed by atoms with van der Waals surface area (Å²) in [6.45, 7) is 4.66. The molecule has 0 bridgehead atoms. The second-order valence-corrected chi connectivity index (χ2v) is 7.29. The SMILES string of the molecule is Cc1cc(C)c(Nc2nc(OC(C(F)(F)F)C(F)(F)F)nc(OC(C(F)(F)F)C(F)(F)F)n2)c(C)c1. The molecule has 2 aromatic rings. The number of nitrogens with one attached hydrogen (secondary N) is 1. The van der Waals surface area contributed by atoms with Gasteiger partial charge in [-0.05, 0) is 31.9 Å². The highest BCUT2D eigenvalue weighted by molar-refractivity contribution is 5.63. The molecule has 0 unspecified atom stereocenters. The monoisotopic (exact) mass is 546 g/mol. The molecular weight excluding hydrogens is 532 g/mol. The van der Waals surface area contributed by atoms with E-state index < -0.39 is 54.9 Å². The van der Waals surface area contributed by atoms with Crippen molar-refractivity contribution in [2.75, 3.05) is 5.32 Å². The van der Waals surface area contributed by atoms with E-state index in [9.17, 15) is 52.7 Å². The molecule has 202 valence electrons. The number of aryl methyl sites for hydroxylation is 3. The number of nitrogens with zero attached hydrogens (tertiary/aromatic N) is 3. The van der Waals surface area contributed by atoms with Crippen LogP contribution in [0.25, 0.3) is 0 Å². The van der Waals surface area contributed by atoms with Crippen LogP contribution in [-0.2, 0) is 0 Å². The maximum Gasteiger partial charge on any atom is 0.434 e. The van der Waals surface area contributed by atoms with Gasteiger partial charge in [0.05, 0.1) is 0 Å². The van der Waals surface area contributed by atoms with Gasteiger partial charge in [0, 0.05) is 5.69 Å². The largest absolute Gasteiger partial charge is 0.440 e. The van der Waals surface area contributed by atoms with Crippen LogP contribution in [0.1, 0.15) is 16.7 Å². The lowest BCUT2D eigenvalue weighted by Crippen LogP contribution is -2.47. The molecule has 0 aliphatic heterocycles. The van der Waals surface area contributed by atoms with Gasteiger partial charge < -0.3 is 14.8 Å². The highest BCUT2D eigenvalue weighted by Gasteiger charge is 2.61. The first-order valence-electron chi connectivity index (χ1n) is 9.30. The van der Waals surface area contributed by atoms with Gasteiger partial charge in [-0.3, -0.25) is 0 Å². The summed E-state index contributed by atoms with van der Waals surface area (Å²) < 4.78 is 162. The Balaban J connectivity index is 2.62. The standard InChI is InChI=1S/C18H14F12N4O2/c1-6-4-7(2)9(8(3)5-6)31-12-32-13(35-10(15(19,20)21)16(22,23)24)34-14(33-12)36-11(17(25,26)27)18(28,29)30/h4-5,10-11H,1-3H3,(H,31,32,33,34). The average Bonchev–Trinajstić information content (AvgIpc) is 2.63. The Morgan fingerprint density at radius 1 is 0.611 bits per heavy atom. The number of alkyl halides is 12. The van der Waals surface area contributed by atoms with Crippen LogP contribution in [0.4, 0.5) is 64.3 Å². The van der Waals surface area contributed by atoms with Gasteiger partial charge in [0.2, 0.25) is 5.95 Å². The van der Waals surface area contributed by atoms with Crippen molar-refractivity contribution in [3.05, 3.63) is 28.8 Å². The van der Waals surface area contributed by atoms with Crippen LogP contribution in [0.5, 0.6) is 12.0 Å². The number of hydrogen-bond acceptors (Lipinski definition) is 6. The summed E-state index contributed by atoms with van der Waals surface area (Å²) in [4.78, 5) is 8.93. The van der Waals surface area contributed by atoms with Crippen molar-refractivity contribution in [1.82, 2.24) is 15.0 Å². The first-order chi connectivity index (χ1) is 16.1. The normalized spacial score (nSPS) is 13.4. The summed E-state index contributed by atoms with van der Waals surface area (Å²) >= 11 is 0. The smallest absolute Gasteiger partial charge is 0.434 e. The van der Waals surface area contributed by atoms with Crippen LogP contribution in [0.15, 0.2) is 12.1 Å². The highest BCUT2D eigenvalue weighted by Crippen LogP contribution is 2.38. The van der Waals surface area contributed by atoms with Crippen molar-refractivity contribution in [2.24, 2.45) is 0 Å². The van der Waals surface area contributed by atoms with Crippen molar-refractivity contribution in [3.63, 3.8) is 0 Å². The van der Waals surface area contributed by atoms with E-state index in [0.717, 1.165) is 5.56 Å². The minimum atomic E-state index is -6.11. The quantitative estimate of drug-likeness (QED) is 0.430. The maximum absolute atomic E-state index is 12.9. The Morgan fingerprint density at radius 3 is 1.25 bits per heavy atom. The van der Waals surface area contributed by atoms with Crippen molar-refractivity contribution >= 4 is 11.6 Å². The Morgan fingerprint density at radius 2 is 0.944 bits per heavy atom. The first-order valence-corrected chi connectivity index (χ1v) is 9.30. The molecule has 36 heavy (non-hydrogen) atoms. The molecule has 0 aliphatic carbocycles. The maximum atomic E-state index is 12.9. The zero-order chi connectivity index (χ0) is 27.9. The molecule has 1 heterocycles. The van der Waals surface area contributed by atoms with Crippen molar-refractivity contribution < 1.29 is 62.2 Å². The predicted molar refractivity (Wildman–Crippen MR) is 96.8 cm³/mol. The molecule has 6 nitrogen and oxygen atoms in total. The Kier molecular flexibility index (Phi) is 7.81. The summed E-state index contributed by atoms with van der Waals surface area (Å²) in [5.41, 5.74) is 1.63. The number of ether oxygens (including phenoxy) is 2. The van der Waals surface area contributed by atoms with Gasteiger partial charge in [-0.25, -0.2) is 0 Å². The number of halogens is 12. The highest BCUT2D eigenvalue weighted by atomic mass is 19.4. The van der Waals surface area contributed by atoms with Crippen LogP contribution in [-0.4, -0.2) is 51.9 Å². The fourth-order valence-electron chi connectivity index (χ4n) is 2.84. The van der Waals surface area contributed by atoms with Crippen molar-refractivity contribution in [2.45, 2.75) is 57.7 Å². The van der Waals surface area contributed by atoms with E-state index in [2.05, 4.69) is 29.7 Å². The summed E-state index contributed by atoms with van der Waals surface area (Å²) in [7, 11) is 0. The Hall–Kier alpha value is -3.21. The third-order valence-corrected chi connectivity index (χ3v) is 4.14. The third kappa shape index (κ3) is 7.39. The van der Waals surface area contributed by atoms with E-state index in [-0.39, 0.29) is 5.69 Å².